The Hall–Kier alpha value is -0.0300. The summed E-state index contributed by atoms with van der Waals surface area (Å²) in [5.41, 5.74) is 0. The lowest BCUT2D eigenvalue weighted by atomic mass is 10.0. The van der Waals surface area contributed by atoms with Crippen molar-refractivity contribution in [1.82, 2.24) is 15.1 Å². The predicted molar refractivity (Wildman–Crippen MR) is 88.0 cm³/mol. The normalized spacial score (nSPS) is 23.8. The first kappa shape index (κ1) is 20.0. The van der Waals surface area contributed by atoms with Crippen molar-refractivity contribution in [1.29, 1.82) is 0 Å². The molecular weight excluding hydrogens is 297 g/mol. The van der Waals surface area contributed by atoms with Gasteiger partial charge in [-0.05, 0) is 38.8 Å². The minimum Gasteiger partial charge on any atom is -0.343 e. The Labute approximate surface area is 135 Å². The monoisotopic (exact) mass is 325 g/mol. The fourth-order valence-corrected chi connectivity index (χ4v) is 3.11. The Morgan fingerprint density at radius 2 is 1.90 bits per heavy atom. The van der Waals surface area contributed by atoms with Gasteiger partial charge in [0.1, 0.15) is 0 Å². The van der Waals surface area contributed by atoms with E-state index in [1.807, 2.05) is 11.9 Å². The molecule has 2 saturated heterocycles. The van der Waals surface area contributed by atoms with Gasteiger partial charge in [0, 0.05) is 38.6 Å². The Morgan fingerprint density at radius 3 is 2.40 bits per heavy atom. The Morgan fingerprint density at radius 1 is 1.25 bits per heavy atom. The van der Waals surface area contributed by atoms with E-state index in [4.69, 9.17) is 0 Å². The van der Waals surface area contributed by atoms with Crippen LogP contribution in [0.15, 0.2) is 0 Å². The molecule has 0 aromatic heterocycles. The van der Waals surface area contributed by atoms with Crippen molar-refractivity contribution < 1.29 is 4.79 Å². The number of nitrogens with zero attached hydrogens (tertiary/aromatic N) is 2. The molecule has 20 heavy (non-hydrogen) atoms. The molecule has 1 N–H and O–H groups in total. The lowest BCUT2D eigenvalue weighted by Crippen LogP contribution is -2.46. The number of rotatable bonds is 4. The number of likely N-dealkylation sites (tertiary alicyclic amines) is 1. The summed E-state index contributed by atoms with van der Waals surface area (Å²) in [6, 6.07) is 0.886. The predicted octanol–water partition coefficient (Wildman–Crippen LogP) is 1.91. The van der Waals surface area contributed by atoms with Crippen molar-refractivity contribution in [3.05, 3.63) is 0 Å². The van der Waals surface area contributed by atoms with E-state index in [-0.39, 0.29) is 24.8 Å². The van der Waals surface area contributed by atoms with Crippen LogP contribution in [-0.4, -0.2) is 61.0 Å². The maximum Gasteiger partial charge on any atom is 0.224 e. The third-order valence-corrected chi connectivity index (χ3v) is 4.53. The summed E-state index contributed by atoms with van der Waals surface area (Å²) < 4.78 is 0. The zero-order valence-corrected chi connectivity index (χ0v) is 14.3. The van der Waals surface area contributed by atoms with Crippen LogP contribution in [0.2, 0.25) is 0 Å². The first-order chi connectivity index (χ1) is 8.70. The lowest BCUT2D eigenvalue weighted by Gasteiger charge is -2.36. The zero-order chi connectivity index (χ0) is 13.0. The highest BCUT2D eigenvalue weighted by molar-refractivity contribution is 5.85. The highest BCUT2D eigenvalue weighted by Crippen LogP contribution is 2.17. The molecule has 0 aromatic rings. The Bertz CT molecular complexity index is 278. The van der Waals surface area contributed by atoms with Crippen LogP contribution in [-0.2, 0) is 4.79 Å². The van der Waals surface area contributed by atoms with Gasteiger partial charge in [-0.15, -0.1) is 24.8 Å². The van der Waals surface area contributed by atoms with Crippen molar-refractivity contribution in [3.63, 3.8) is 0 Å². The average Bonchev–Trinajstić information content (AvgIpc) is 2.91. The van der Waals surface area contributed by atoms with Crippen molar-refractivity contribution in [3.8, 4) is 0 Å². The molecule has 2 rings (SSSR count). The summed E-state index contributed by atoms with van der Waals surface area (Å²) in [4.78, 5) is 16.7. The number of hydrogen-bond acceptors (Lipinski definition) is 3. The number of nitrogens with one attached hydrogen (secondary N) is 1. The van der Waals surface area contributed by atoms with Gasteiger partial charge in [-0.2, -0.15) is 0 Å². The van der Waals surface area contributed by atoms with Crippen LogP contribution >= 0.6 is 24.8 Å². The fraction of sp³-hybridized carbons (Fsp3) is 0.929. The molecule has 0 radical (unpaired) electrons. The third-order valence-electron chi connectivity index (χ3n) is 4.53. The molecule has 2 aliphatic rings. The second-order valence-corrected chi connectivity index (χ2v) is 5.67. The highest BCUT2D eigenvalue weighted by Gasteiger charge is 2.26. The maximum atomic E-state index is 12.2. The van der Waals surface area contributed by atoms with Gasteiger partial charge < -0.3 is 15.1 Å². The van der Waals surface area contributed by atoms with Crippen LogP contribution in [0.3, 0.4) is 0 Å². The maximum absolute atomic E-state index is 12.2. The minimum absolute atomic E-state index is 0. The van der Waals surface area contributed by atoms with Gasteiger partial charge in [0.15, 0.2) is 0 Å². The van der Waals surface area contributed by atoms with Gasteiger partial charge in [-0.3, -0.25) is 4.79 Å². The van der Waals surface area contributed by atoms with E-state index in [1.54, 1.807) is 0 Å². The second kappa shape index (κ2) is 9.82. The van der Waals surface area contributed by atoms with Crippen LogP contribution < -0.4 is 5.32 Å². The summed E-state index contributed by atoms with van der Waals surface area (Å²) in [5, 5.41) is 3.41. The largest absolute Gasteiger partial charge is 0.343 e. The zero-order valence-electron chi connectivity index (χ0n) is 12.6. The van der Waals surface area contributed by atoms with E-state index >= 15 is 0 Å². The van der Waals surface area contributed by atoms with Gasteiger partial charge in [0.05, 0.1) is 0 Å². The highest BCUT2D eigenvalue weighted by atomic mass is 35.5. The first-order valence-electron chi connectivity index (χ1n) is 7.42. The summed E-state index contributed by atoms with van der Waals surface area (Å²) >= 11 is 0. The molecular formula is C14H29Cl2N3O. The molecule has 1 unspecified atom stereocenters. The molecule has 0 aliphatic carbocycles. The van der Waals surface area contributed by atoms with Gasteiger partial charge in [0.2, 0.25) is 5.91 Å². The molecule has 2 aliphatic heterocycles. The average molecular weight is 326 g/mol. The van der Waals surface area contributed by atoms with Crippen LogP contribution in [0.1, 0.15) is 39.0 Å². The van der Waals surface area contributed by atoms with E-state index in [0.29, 0.717) is 24.4 Å². The SMILES string of the molecule is CCN1CCC(N(C)C(=O)CC2CCCN2)CC1.Cl.Cl. The van der Waals surface area contributed by atoms with Gasteiger partial charge in [-0.25, -0.2) is 0 Å². The van der Waals surface area contributed by atoms with E-state index in [0.717, 1.165) is 45.4 Å². The molecule has 0 saturated carbocycles. The van der Waals surface area contributed by atoms with Crippen LogP contribution in [0.4, 0.5) is 0 Å². The van der Waals surface area contributed by atoms with Crippen LogP contribution in [0.25, 0.3) is 0 Å². The van der Waals surface area contributed by atoms with Crippen molar-refractivity contribution >= 4 is 30.7 Å². The van der Waals surface area contributed by atoms with Crippen LogP contribution in [0, 0.1) is 0 Å². The molecule has 1 amide bonds. The lowest BCUT2D eigenvalue weighted by molar-refractivity contribution is -0.133. The van der Waals surface area contributed by atoms with Gasteiger partial charge in [0.25, 0.3) is 0 Å². The van der Waals surface area contributed by atoms with Crippen molar-refractivity contribution in [2.45, 2.75) is 51.1 Å². The number of amides is 1. The molecule has 0 bridgehead atoms. The number of hydrogen-bond donors (Lipinski definition) is 1. The van der Waals surface area contributed by atoms with Crippen molar-refractivity contribution in [2.24, 2.45) is 0 Å². The number of halogens is 2. The molecule has 2 heterocycles. The first-order valence-corrected chi connectivity index (χ1v) is 7.42. The molecule has 1 atom stereocenters. The van der Waals surface area contributed by atoms with Crippen LogP contribution in [0.5, 0.6) is 0 Å². The van der Waals surface area contributed by atoms with Gasteiger partial charge >= 0.3 is 0 Å². The quantitative estimate of drug-likeness (QED) is 0.857. The molecule has 0 aromatic carbocycles. The number of carbonyl (C=O) groups excluding carboxylic acids is 1. The summed E-state index contributed by atoms with van der Waals surface area (Å²) in [6.07, 6.45) is 5.33. The topological polar surface area (TPSA) is 35.6 Å². The standard InChI is InChI=1S/C14H27N3O.2ClH/c1-3-17-9-6-13(7-10-17)16(2)14(18)11-12-5-4-8-15-12;;/h12-13,15H,3-11H2,1-2H3;2*1H. The van der Waals surface area contributed by atoms with E-state index in [1.165, 1.54) is 6.42 Å². The van der Waals surface area contributed by atoms with Gasteiger partial charge in [-0.1, -0.05) is 6.92 Å². The Kier molecular flexibility index (Phi) is 9.81. The third kappa shape index (κ3) is 5.40. The smallest absolute Gasteiger partial charge is 0.224 e. The molecule has 2 fully saturated rings. The molecule has 120 valence electrons. The molecule has 6 heteroatoms. The molecule has 0 spiro atoms. The number of carbonyl (C=O) groups is 1. The molecule has 4 nitrogen and oxygen atoms in total. The summed E-state index contributed by atoms with van der Waals surface area (Å²) in [7, 11) is 1.99. The number of piperidine rings is 1. The second-order valence-electron chi connectivity index (χ2n) is 5.67. The minimum atomic E-state index is 0. The Balaban J connectivity index is 0.00000180. The fourth-order valence-electron chi connectivity index (χ4n) is 3.11. The summed E-state index contributed by atoms with van der Waals surface area (Å²) in [5.74, 6) is 0.323. The van der Waals surface area contributed by atoms with E-state index in [9.17, 15) is 4.79 Å². The van der Waals surface area contributed by atoms with E-state index < -0.39 is 0 Å². The van der Waals surface area contributed by atoms with Crippen molar-refractivity contribution in [2.75, 3.05) is 33.2 Å². The van der Waals surface area contributed by atoms with E-state index in [2.05, 4.69) is 17.1 Å². The summed E-state index contributed by atoms with van der Waals surface area (Å²) in [6.45, 7) is 6.70.